The van der Waals surface area contributed by atoms with Crippen LogP contribution < -0.4 is 15.5 Å². The van der Waals surface area contributed by atoms with Gasteiger partial charge in [0.05, 0.1) is 12.6 Å². The highest BCUT2D eigenvalue weighted by atomic mass is 16.2. The van der Waals surface area contributed by atoms with Gasteiger partial charge in [-0.1, -0.05) is 19.9 Å². The number of amides is 3. The van der Waals surface area contributed by atoms with Crippen LogP contribution in [-0.4, -0.2) is 95.7 Å². The number of nitrogens with zero attached hydrogens (tertiary/aromatic N) is 4. The topological polar surface area (TPSA) is 115 Å². The van der Waals surface area contributed by atoms with E-state index < -0.39 is 12.1 Å². The molecule has 3 saturated heterocycles. The molecule has 0 radical (unpaired) electrons. The van der Waals surface area contributed by atoms with E-state index in [1.165, 1.54) is 0 Å². The lowest BCUT2D eigenvalue weighted by Crippen LogP contribution is -2.53. The highest BCUT2D eigenvalue weighted by Crippen LogP contribution is 2.31. The Balaban J connectivity index is 1.28. The number of piperazine rings is 1. The van der Waals surface area contributed by atoms with Crippen molar-refractivity contribution < 1.29 is 19.2 Å². The van der Waals surface area contributed by atoms with Gasteiger partial charge in [-0.3, -0.25) is 24.2 Å². The molecular weight excluding hydrogens is 496 g/mol. The lowest BCUT2D eigenvalue weighted by molar-refractivity contribution is -0.138. The largest absolute Gasteiger partial charge is 0.369 e. The molecule has 0 aliphatic carbocycles. The first-order valence-electron chi connectivity index (χ1n) is 13.7. The Labute approximate surface area is 228 Å². The summed E-state index contributed by atoms with van der Waals surface area (Å²) in [5.74, 6) is -0.909. The number of anilines is 1. The maximum absolute atomic E-state index is 13.8. The minimum absolute atomic E-state index is 0.0465. The number of fused-ring (bicyclic) bond motifs is 1. The Morgan fingerprint density at radius 1 is 1.03 bits per heavy atom. The number of ketones is 1. The third-order valence-electron chi connectivity index (χ3n) is 7.77. The number of nitrogens with one attached hydrogen (secondary N) is 2. The molecule has 0 saturated carbocycles. The number of aromatic nitrogens is 1. The second kappa shape index (κ2) is 11.5. The van der Waals surface area contributed by atoms with E-state index in [9.17, 15) is 19.2 Å². The van der Waals surface area contributed by atoms with Crippen LogP contribution in [0.25, 0.3) is 0 Å². The lowest BCUT2D eigenvalue weighted by Gasteiger charge is -2.30. The molecule has 3 unspecified atom stereocenters. The second-order valence-electron chi connectivity index (χ2n) is 10.9. The minimum Gasteiger partial charge on any atom is -0.369 e. The van der Waals surface area contributed by atoms with Crippen LogP contribution in [0.15, 0.2) is 48.7 Å². The van der Waals surface area contributed by atoms with Gasteiger partial charge < -0.3 is 25.3 Å². The van der Waals surface area contributed by atoms with E-state index in [1.807, 2.05) is 26.0 Å². The zero-order chi connectivity index (χ0) is 27.5. The summed E-state index contributed by atoms with van der Waals surface area (Å²) in [5, 5.41) is 6.27. The molecule has 1 aromatic carbocycles. The quantitative estimate of drug-likeness (QED) is 0.553. The molecule has 2 N–H and O–H groups in total. The standard InChI is InChI=1S/C29H36N6O4/c1-19(2)17-23(32-27(37)20-6-8-21(9-7-20)33-15-12-30-13-16-33)29(39)34-14-10-24-26(34)25(36)18-35(24)28(38)22-5-3-4-11-31-22/h3-9,11,19,23-24,26,30H,10,12-18H2,1-2H3,(H,32,37). The zero-order valence-corrected chi connectivity index (χ0v) is 22.5. The summed E-state index contributed by atoms with van der Waals surface area (Å²) in [6, 6.07) is 10.7. The molecule has 0 spiro atoms. The predicted molar refractivity (Wildman–Crippen MR) is 146 cm³/mol. The first kappa shape index (κ1) is 26.8. The smallest absolute Gasteiger partial charge is 0.273 e. The summed E-state index contributed by atoms with van der Waals surface area (Å²) < 4.78 is 0. The van der Waals surface area contributed by atoms with Crippen LogP contribution >= 0.6 is 0 Å². The summed E-state index contributed by atoms with van der Waals surface area (Å²) in [6.45, 7) is 7.99. The van der Waals surface area contributed by atoms with Gasteiger partial charge in [-0.25, -0.2) is 0 Å². The number of rotatable bonds is 7. The molecule has 4 heterocycles. The fourth-order valence-corrected chi connectivity index (χ4v) is 5.86. The molecule has 10 nitrogen and oxygen atoms in total. The van der Waals surface area contributed by atoms with Gasteiger partial charge in [0, 0.05) is 50.2 Å². The third-order valence-corrected chi connectivity index (χ3v) is 7.77. The Morgan fingerprint density at radius 3 is 2.44 bits per heavy atom. The van der Waals surface area contributed by atoms with Gasteiger partial charge in [0.25, 0.3) is 11.8 Å². The fraction of sp³-hybridized carbons (Fsp3) is 0.483. The molecule has 3 amide bonds. The number of carbonyl (C=O) groups excluding carboxylic acids is 4. The van der Waals surface area contributed by atoms with Gasteiger partial charge in [-0.2, -0.15) is 0 Å². The maximum Gasteiger partial charge on any atom is 0.273 e. The van der Waals surface area contributed by atoms with Gasteiger partial charge >= 0.3 is 0 Å². The molecule has 3 aliphatic heterocycles. The molecular formula is C29H36N6O4. The van der Waals surface area contributed by atoms with Crippen molar-refractivity contribution >= 4 is 29.2 Å². The molecule has 3 fully saturated rings. The number of hydrogen-bond acceptors (Lipinski definition) is 7. The van der Waals surface area contributed by atoms with E-state index in [4.69, 9.17) is 0 Å². The number of Topliss-reactive ketones (excluding diaryl/α,β-unsaturated/α-hetero) is 1. The summed E-state index contributed by atoms with van der Waals surface area (Å²) in [5.41, 5.74) is 1.83. The van der Waals surface area contributed by atoms with Crippen LogP contribution in [0.5, 0.6) is 0 Å². The Bertz CT molecular complexity index is 1210. The lowest BCUT2D eigenvalue weighted by atomic mass is 10.0. The highest BCUT2D eigenvalue weighted by Gasteiger charge is 2.52. The van der Waals surface area contributed by atoms with Crippen LogP contribution in [0.1, 0.15) is 47.5 Å². The van der Waals surface area contributed by atoms with E-state index in [0.717, 1.165) is 31.9 Å². The van der Waals surface area contributed by atoms with Crippen molar-refractivity contribution in [2.45, 2.75) is 44.8 Å². The summed E-state index contributed by atoms with van der Waals surface area (Å²) in [4.78, 5) is 62.6. The van der Waals surface area contributed by atoms with E-state index in [-0.39, 0.29) is 47.7 Å². The summed E-state index contributed by atoms with van der Waals surface area (Å²) >= 11 is 0. The molecule has 206 valence electrons. The third kappa shape index (κ3) is 5.66. The van der Waals surface area contributed by atoms with Crippen LogP contribution in [0.3, 0.4) is 0 Å². The normalized spacial score (nSPS) is 21.7. The van der Waals surface area contributed by atoms with Crippen molar-refractivity contribution in [2.75, 3.05) is 44.2 Å². The monoisotopic (exact) mass is 532 g/mol. The molecule has 5 rings (SSSR count). The highest BCUT2D eigenvalue weighted by molar-refractivity contribution is 6.03. The van der Waals surface area contributed by atoms with Crippen LogP contribution in [0, 0.1) is 5.92 Å². The van der Waals surface area contributed by atoms with Gasteiger partial charge in [0.1, 0.15) is 17.8 Å². The molecule has 1 aromatic heterocycles. The van der Waals surface area contributed by atoms with Crippen LogP contribution in [-0.2, 0) is 9.59 Å². The second-order valence-corrected chi connectivity index (χ2v) is 10.9. The summed E-state index contributed by atoms with van der Waals surface area (Å²) in [7, 11) is 0. The summed E-state index contributed by atoms with van der Waals surface area (Å²) in [6.07, 6.45) is 2.50. The molecule has 3 aliphatic rings. The molecule has 2 aromatic rings. The van der Waals surface area contributed by atoms with Crippen molar-refractivity contribution in [2.24, 2.45) is 5.92 Å². The number of benzene rings is 1. The van der Waals surface area contributed by atoms with E-state index >= 15 is 0 Å². The van der Waals surface area contributed by atoms with Crippen LogP contribution in [0.4, 0.5) is 5.69 Å². The average Bonchev–Trinajstić information content (AvgIpc) is 3.54. The van der Waals surface area contributed by atoms with Crippen molar-refractivity contribution in [3.05, 3.63) is 59.9 Å². The van der Waals surface area contributed by atoms with Crippen molar-refractivity contribution in [3.63, 3.8) is 0 Å². The van der Waals surface area contributed by atoms with E-state index in [0.29, 0.717) is 24.9 Å². The van der Waals surface area contributed by atoms with E-state index in [2.05, 4.69) is 20.5 Å². The molecule has 3 atom stereocenters. The SMILES string of the molecule is CC(C)CC(NC(=O)c1ccc(N2CCNCC2)cc1)C(=O)N1CCC2C1C(=O)CN2C(=O)c1ccccn1. The van der Waals surface area contributed by atoms with Crippen molar-refractivity contribution in [1.82, 2.24) is 25.4 Å². The first-order chi connectivity index (χ1) is 18.8. The van der Waals surface area contributed by atoms with Gasteiger partial charge in [0.15, 0.2) is 5.78 Å². The van der Waals surface area contributed by atoms with E-state index in [1.54, 1.807) is 46.3 Å². The fourth-order valence-electron chi connectivity index (χ4n) is 5.86. The Morgan fingerprint density at radius 2 is 1.77 bits per heavy atom. The molecule has 39 heavy (non-hydrogen) atoms. The van der Waals surface area contributed by atoms with Gasteiger partial charge in [-0.05, 0) is 55.2 Å². The average molecular weight is 533 g/mol. The first-order valence-corrected chi connectivity index (χ1v) is 13.7. The minimum atomic E-state index is -0.766. The van der Waals surface area contributed by atoms with Gasteiger partial charge in [-0.15, -0.1) is 0 Å². The number of carbonyl (C=O) groups is 4. The van der Waals surface area contributed by atoms with Crippen molar-refractivity contribution in [3.8, 4) is 0 Å². The maximum atomic E-state index is 13.8. The van der Waals surface area contributed by atoms with Gasteiger partial charge in [0.2, 0.25) is 5.91 Å². The van der Waals surface area contributed by atoms with Crippen molar-refractivity contribution in [1.29, 1.82) is 0 Å². The Hall–Kier alpha value is -3.79. The number of pyridine rings is 1. The van der Waals surface area contributed by atoms with Crippen LogP contribution in [0.2, 0.25) is 0 Å². The number of hydrogen-bond donors (Lipinski definition) is 2. The molecule has 0 bridgehead atoms. The predicted octanol–water partition coefficient (Wildman–Crippen LogP) is 1.33. The Kier molecular flexibility index (Phi) is 7.92. The number of likely N-dealkylation sites (tertiary alicyclic amines) is 2. The zero-order valence-electron chi connectivity index (χ0n) is 22.5. The molecule has 10 heteroatoms.